The van der Waals surface area contributed by atoms with Crippen LogP contribution in [0.3, 0.4) is 0 Å². The molecule has 2 nitrogen and oxygen atoms in total. The van der Waals surface area contributed by atoms with Gasteiger partial charge in [-0.05, 0) is 12.0 Å². The summed E-state index contributed by atoms with van der Waals surface area (Å²) in [5, 5.41) is 0. The van der Waals surface area contributed by atoms with E-state index in [0.717, 1.165) is 12.0 Å². The maximum Gasteiger partial charge on any atom is 0.354 e. The van der Waals surface area contributed by atoms with Crippen LogP contribution in [-0.2, 0) is 16.1 Å². The lowest BCUT2D eigenvalue weighted by Crippen LogP contribution is -2.21. The van der Waals surface area contributed by atoms with Gasteiger partial charge in [-0.25, -0.2) is 4.79 Å². The van der Waals surface area contributed by atoms with Crippen LogP contribution in [-0.4, -0.2) is 5.97 Å². The van der Waals surface area contributed by atoms with Gasteiger partial charge in [-0.2, -0.15) is 0 Å². The Bertz CT molecular complexity index is 319. The highest BCUT2D eigenvalue weighted by molar-refractivity contribution is 5.73. The quantitative estimate of drug-likeness (QED) is 0.561. The molecule has 0 saturated heterocycles. The Morgan fingerprint density at radius 3 is 2.56 bits per heavy atom. The van der Waals surface area contributed by atoms with Crippen molar-refractivity contribution >= 4 is 5.97 Å². The Kier molecular flexibility index (Phi) is 4.90. The van der Waals surface area contributed by atoms with Gasteiger partial charge in [-0.1, -0.05) is 44.2 Å². The van der Waals surface area contributed by atoms with E-state index < -0.39 is 0 Å². The molecule has 0 amide bonds. The van der Waals surface area contributed by atoms with E-state index in [-0.39, 0.29) is 17.8 Å². The average Bonchev–Trinajstić information content (AvgIpc) is 2.35. The van der Waals surface area contributed by atoms with Crippen LogP contribution < -0.4 is 0 Å². The number of rotatable bonds is 5. The van der Waals surface area contributed by atoms with Crippen molar-refractivity contribution in [2.24, 2.45) is 11.8 Å². The van der Waals surface area contributed by atoms with Gasteiger partial charge in [0, 0.05) is 5.92 Å². The van der Waals surface area contributed by atoms with E-state index >= 15 is 0 Å². The fraction of sp³-hybridized carbons (Fsp3) is 0.429. The minimum atomic E-state index is -0.270. The molecule has 1 rings (SSSR count). The monoisotopic (exact) mass is 219 g/mol. The smallest absolute Gasteiger partial charge is 0.354 e. The lowest BCUT2D eigenvalue weighted by Gasteiger charge is -2.11. The number of hydrogen-bond donors (Lipinski definition) is 0. The van der Waals surface area contributed by atoms with Crippen molar-refractivity contribution in [1.82, 2.24) is 0 Å². The largest absolute Gasteiger partial charge is 0.457 e. The lowest BCUT2D eigenvalue weighted by molar-refractivity contribution is -0.149. The standard InChI is InChI=1S/C14H19O2/c1-4-11(2)12(3)14(15)16-10-13-8-6-5-7-9-13/h5-9,11-12H,3-4,10H2,1-2H3/q+1/t11?,12-/m0/s1. The Hall–Kier alpha value is -1.44. The molecule has 0 spiro atoms. The zero-order chi connectivity index (χ0) is 12.0. The summed E-state index contributed by atoms with van der Waals surface area (Å²) in [4.78, 5) is 11.6. The zero-order valence-electron chi connectivity index (χ0n) is 9.98. The molecule has 16 heavy (non-hydrogen) atoms. The zero-order valence-corrected chi connectivity index (χ0v) is 9.98. The highest BCUT2D eigenvalue weighted by Gasteiger charge is 2.26. The Labute approximate surface area is 97.6 Å². The van der Waals surface area contributed by atoms with E-state index in [1.807, 2.05) is 44.2 Å². The summed E-state index contributed by atoms with van der Waals surface area (Å²) >= 11 is 0. The van der Waals surface area contributed by atoms with Gasteiger partial charge in [0.25, 0.3) is 0 Å². The minimum Gasteiger partial charge on any atom is -0.457 e. The van der Waals surface area contributed by atoms with Gasteiger partial charge in [0.05, 0.1) is 6.92 Å². The molecule has 2 heteroatoms. The van der Waals surface area contributed by atoms with Crippen LogP contribution >= 0.6 is 0 Å². The first-order valence-corrected chi connectivity index (χ1v) is 5.68. The van der Waals surface area contributed by atoms with Crippen molar-refractivity contribution in [2.75, 3.05) is 0 Å². The number of carbonyl (C=O) groups is 1. The van der Waals surface area contributed by atoms with E-state index in [0.29, 0.717) is 6.61 Å². The molecule has 0 fully saturated rings. The molecule has 0 aromatic heterocycles. The summed E-state index contributed by atoms with van der Waals surface area (Å²) in [7, 11) is 0. The van der Waals surface area contributed by atoms with Gasteiger partial charge in [-0.3, -0.25) is 0 Å². The maximum atomic E-state index is 11.6. The minimum absolute atomic E-state index is 0.210. The van der Waals surface area contributed by atoms with Crippen LogP contribution in [0.25, 0.3) is 0 Å². The van der Waals surface area contributed by atoms with Gasteiger partial charge in [0.15, 0.2) is 5.92 Å². The topological polar surface area (TPSA) is 26.3 Å². The molecule has 86 valence electrons. The Morgan fingerprint density at radius 1 is 1.38 bits per heavy atom. The molecule has 1 aromatic carbocycles. The number of esters is 1. The van der Waals surface area contributed by atoms with Crippen LogP contribution in [0, 0.1) is 18.8 Å². The number of ether oxygens (including phenoxy) is 1. The summed E-state index contributed by atoms with van der Waals surface area (Å²) in [5.41, 5.74) is 1.01. The van der Waals surface area contributed by atoms with Crippen molar-refractivity contribution in [1.29, 1.82) is 0 Å². The second-order valence-corrected chi connectivity index (χ2v) is 4.09. The molecule has 0 aliphatic rings. The third-order valence-corrected chi connectivity index (χ3v) is 2.86. The molecule has 1 aromatic rings. The van der Waals surface area contributed by atoms with Crippen molar-refractivity contribution in [2.45, 2.75) is 26.9 Å². The fourth-order valence-corrected chi connectivity index (χ4v) is 1.35. The SMILES string of the molecule is [CH2+][C@H](C(=O)OCc1ccccc1)C(C)CC. The summed E-state index contributed by atoms with van der Waals surface area (Å²) < 4.78 is 5.21. The normalized spacial score (nSPS) is 14.1. The summed E-state index contributed by atoms with van der Waals surface area (Å²) in [6, 6.07) is 9.68. The maximum absolute atomic E-state index is 11.6. The number of carbonyl (C=O) groups excluding carboxylic acids is 1. The van der Waals surface area contributed by atoms with Crippen LogP contribution in [0.1, 0.15) is 25.8 Å². The molecule has 0 N–H and O–H groups in total. The summed E-state index contributed by atoms with van der Waals surface area (Å²) in [6.45, 7) is 8.25. The predicted molar refractivity (Wildman–Crippen MR) is 64.5 cm³/mol. The summed E-state index contributed by atoms with van der Waals surface area (Å²) in [5.74, 6) is -0.213. The van der Waals surface area contributed by atoms with Gasteiger partial charge in [0.1, 0.15) is 6.61 Å². The first-order chi connectivity index (χ1) is 7.65. The first kappa shape index (κ1) is 12.6. The van der Waals surface area contributed by atoms with Gasteiger partial charge < -0.3 is 4.74 Å². The van der Waals surface area contributed by atoms with Crippen LogP contribution in [0.4, 0.5) is 0 Å². The predicted octanol–water partition coefficient (Wildman–Crippen LogP) is 3.23. The Morgan fingerprint density at radius 2 is 2.00 bits per heavy atom. The van der Waals surface area contributed by atoms with Crippen molar-refractivity contribution in [3.05, 3.63) is 42.8 Å². The van der Waals surface area contributed by atoms with Gasteiger partial charge >= 0.3 is 5.97 Å². The third kappa shape index (κ3) is 3.61. The second-order valence-electron chi connectivity index (χ2n) is 4.09. The van der Waals surface area contributed by atoms with E-state index in [4.69, 9.17) is 4.74 Å². The van der Waals surface area contributed by atoms with Crippen LogP contribution in [0.5, 0.6) is 0 Å². The molecular formula is C14H19O2+. The number of benzene rings is 1. The average molecular weight is 219 g/mol. The van der Waals surface area contributed by atoms with Gasteiger partial charge in [-0.15, -0.1) is 0 Å². The van der Waals surface area contributed by atoms with E-state index in [9.17, 15) is 4.79 Å². The first-order valence-electron chi connectivity index (χ1n) is 5.68. The van der Waals surface area contributed by atoms with Gasteiger partial charge in [0.2, 0.25) is 0 Å². The highest BCUT2D eigenvalue weighted by atomic mass is 16.5. The van der Waals surface area contributed by atoms with Crippen LogP contribution in [0.2, 0.25) is 0 Å². The lowest BCUT2D eigenvalue weighted by atomic mass is 9.94. The molecule has 0 radical (unpaired) electrons. The van der Waals surface area contributed by atoms with Crippen molar-refractivity contribution in [3.63, 3.8) is 0 Å². The second kappa shape index (κ2) is 6.21. The molecule has 0 saturated carbocycles. The summed E-state index contributed by atoms with van der Waals surface area (Å²) in [6.07, 6.45) is 0.939. The van der Waals surface area contributed by atoms with Crippen molar-refractivity contribution < 1.29 is 9.53 Å². The van der Waals surface area contributed by atoms with Crippen molar-refractivity contribution in [3.8, 4) is 0 Å². The van der Waals surface area contributed by atoms with E-state index in [1.54, 1.807) is 0 Å². The third-order valence-electron chi connectivity index (χ3n) is 2.86. The molecule has 0 bridgehead atoms. The molecule has 0 aliphatic carbocycles. The van der Waals surface area contributed by atoms with E-state index in [2.05, 4.69) is 6.92 Å². The highest BCUT2D eigenvalue weighted by Crippen LogP contribution is 2.16. The molecule has 2 atom stereocenters. The number of hydrogen-bond acceptors (Lipinski definition) is 2. The Balaban J connectivity index is 2.41. The van der Waals surface area contributed by atoms with E-state index in [1.165, 1.54) is 0 Å². The van der Waals surface area contributed by atoms with Crippen LogP contribution in [0.15, 0.2) is 30.3 Å². The molecule has 0 heterocycles. The molecular weight excluding hydrogens is 200 g/mol. The fourth-order valence-electron chi connectivity index (χ4n) is 1.35. The molecule has 0 aliphatic heterocycles. The molecule has 1 unspecified atom stereocenters.